The van der Waals surface area contributed by atoms with Gasteiger partial charge in [0.1, 0.15) is 0 Å². The SMILES string of the molecule is O=S1(=O)CC[C@H](N(C[C@@H]2CCCO2)S(=O)(=O)C2=Cc3ccccc3CC2)C1. The Bertz CT molecular complexity index is 946. The van der Waals surface area contributed by atoms with E-state index in [0.717, 1.165) is 24.0 Å². The first-order valence-electron chi connectivity index (χ1n) is 9.47. The average Bonchev–Trinajstić information content (AvgIpc) is 3.28. The van der Waals surface area contributed by atoms with Gasteiger partial charge in [0.15, 0.2) is 9.84 Å². The number of hydrogen-bond donors (Lipinski definition) is 0. The number of allylic oxidation sites excluding steroid dienone is 1. The number of benzene rings is 1. The van der Waals surface area contributed by atoms with Gasteiger partial charge in [-0.2, -0.15) is 4.31 Å². The van der Waals surface area contributed by atoms with Crippen LogP contribution in [0.25, 0.3) is 6.08 Å². The molecule has 0 spiro atoms. The van der Waals surface area contributed by atoms with Crippen LogP contribution in [0.2, 0.25) is 0 Å². The van der Waals surface area contributed by atoms with Crippen molar-refractivity contribution in [2.24, 2.45) is 0 Å². The fourth-order valence-corrected chi connectivity index (χ4v) is 7.89. The zero-order valence-electron chi connectivity index (χ0n) is 15.2. The predicted molar refractivity (Wildman–Crippen MR) is 104 cm³/mol. The highest BCUT2D eigenvalue weighted by Crippen LogP contribution is 2.32. The van der Waals surface area contributed by atoms with Gasteiger partial charge in [-0.05, 0) is 49.3 Å². The third-order valence-corrected chi connectivity index (χ3v) is 9.48. The van der Waals surface area contributed by atoms with Crippen LogP contribution in [0.3, 0.4) is 0 Å². The van der Waals surface area contributed by atoms with E-state index in [9.17, 15) is 16.8 Å². The zero-order chi connectivity index (χ0) is 19.1. The highest BCUT2D eigenvalue weighted by molar-refractivity contribution is 7.93. The highest BCUT2D eigenvalue weighted by Gasteiger charge is 2.41. The number of rotatable bonds is 5. The van der Waals surface area contributed by atoms with Gasteiger partial charge in [-0.15, -0.1) is 0 Å². The fourth-order valence-electron chi connectivity index (χ4n) is 4.20. The first kappa shape index (κ1) is 19.1. The van der Waals surface area contributed by atoms with E-state index in [1.807, 2.05) is 24.3 Å². The number of sulfonamides is 1. The van der Waals surface area contributed by atoms with Crippen molar-refractivity contribution < 1.29 is 21.6 Å². The minimum absolute atomic E-state index is 0.0527. The molecule has 0 N–H and O–H groups in total. The van der Waals surface area contributed by atoms with Crippen molar-refractivity contribution in [3.8, 4) is 0 Å². The Morgan fingerprint density at radius 2 is 1.96 bits per heavy atom. The molecule has 0 bridgehead atoms. The number of nitrogens with zero attached hydrogens (tertiary/aromatic N) is 1. The highest BCUT2D eigenvalue weighted by atomic mass is 32.2. The second-order valence-corrected chi connectivity index (χ2v) is 11.7. The van der Waals surface area contributed by atoms with Crippen LogP contribution >= 0.6 is 0 Å². The van der Waals surface area contributed by atoms with Gasteiger partial charge in [0, 0.05) is 19.2 Å². The molecule has 2 aliphatic heterocycles. The molecule has 148 valence electrons. The van der Waals surface area contributed by atoms with Gasteiger partial charge in [0.05, 0.1) is 22.5 Å². The summed E-state index contributed by atoms with van der Waals surface area (Å²) in [6, 6.07) is 7.30. The van der Waals surface area contributed by atoms with Gasteiger partial charge in [-0.25, -0.2) is 16.8 Å². The van der Waals surface area contributed by atoms with Crippen LogP contribution in [-0.2, 0) is 31.0 Å². The van der Waals surface area contributed by atoms with E-state index in [1.165, 1.54) is 4.31 Å². The van der Waals surface area contributed by atoms with Gasteiger partial charge < -0.3 is 4.74 Å². The number of hydrogen-bond acceptors (Lipinski definition) is 5. The Kier molecular flexibility index (Phi) is 5.18. The Balaban J connectivity index is 1.67. The van der Waals surface area contributed by atoms with Gasteiger partial charge in [0.25, 0.3) is 0 Å². The van der Waals surface area contributed by atoms with Crippen LogP contribution in [0.1, 0.15) is 36.8 Å². The molecule has 27 heavy (non-hydrogen) atoms. The molecule has 0 amide bonds. The molecule has 1 aromatic rings. The van der Waals surface area contributed by atoms with Crippen molar-refractivity contribution in [3.63, 3.8) is 0 Å². The maximum atomic E-state index is 13.5. The number of ether oxygens (including phenoxy) is 1. The molecule has 0 aromatic heterocycles. The molecule has 0 saturated carbocycles. The average molecular weight is 412 g/mol. The number of aryl methyl sites for hydroxylation is 1. The lowest BCUT2D eigenvalue weighted by molar-refractivity contribution is 0.0879. The standard InChI is InChI=1S/C19H25NO5S2/c21-26(22)11-9-17(14-26)20(13-18-6-3-10-25-18)27(23,24)19-8-7-15-4-1-2-5-16(15)12-19/h1-2,4-5,12,17-18H,3,6-11,13-14H2/t17-,18-/m0/s1. The first-order valence-corrected chi connectivity index (χ1v) is 12.7. The summed E-state index contributed by atoms with van der Waals surface area (Å²) < 4.78 is 58.0. The summed E-state index contributed by atoms with van der Waals surface area (Å²) in [7, 11) is -6.92. The molecule has 8 heteroatoms. The Labute approximate surface area is 161 Å². The van der Waals surface area contributed by atoms with E-state index < -0.39 is 25.9 Å². The van der Waals surface area contributed by atoms with Gasteiger partial charge in [0.2, 0.25) is 10.0 Å². The van der Waals surface area contributed by atoms with E-state index >= 15 is 0 Å². The summed E-state index contributed by atoms with van der Waals surface area (Å²) in [5.74, 6) is -0.0418. The third kappa shape index (κ3) is 3.99. The van der Waals surface area contributed by atoms with E-state index in [4.69, 9.17) is 4.74 Å². The van der Waals surface area contributed by atoms with Crippen molar-refractivity contribution in [1.29, 1.82) is 0 Å². The first-order chi connectivity index (χ1) is 12.9. The molecule has 2 saturated heterocycles. The quantitative estimate of drug-likeness (QED) is 0.740. The lowest BCUT2D eigenvalue weighted by atomic mass is 9.98. The van der Waals surface area contributed by atoms with Crippen molar-refractivity contribution in [1.82, 2.24) is 4.31 Å². The summed E-state index contributed by atoms with van der Waals surface area (Å²) in [5.41, 5.74) is 2.07. The van der Waals surface area contributed by atoms with Crippen molar-refractivity contribution in [2.75, 3.05) is 24.7 Å². The van der Waals surface area contributed by atoms with Crippen molar-refractivity contribution in [2.45, 2.75) is 44.2 Å². The summed E-state index contributed by atoms with van der Waals surface area (Å²) >= 11 is 0. The maximum Gasteiger partial charge on any atom is 0.239 e. The van der Waals surface area contributed by atoms with Gasteiger partial charge in [-0.3, -0.25) is 0 Å². The molecule has 6 nitrogen and oxygen atoms in total. The summed E-state index contributed by atoms with van der Waals surface area (Å²) in [4.78, 5) is 0.378. The molecule has 1 aromatic carbocycles. The molecular weight excluding hydrogens is 386 g/mol. The van der Waals surface area contributed by atoms with E-state index in [1.54, 1.807) is 6.08 Å². The molecule has 2 fully saturated rings. The molecule has 3 aliphatic rings. The second-order valence-electron chi connectivity index (χ2n) is 7.58. The van der Waals surface area contributed by atoms with Crippen LogP contribution < -0.4 is 0 Å². The Morgan fingerprint density at radius 3 is 2.67 bits per heavy atom. The molecule has 1 aliphatic carbocycles. The van der Waals surface area contributed by atoms with E-state index in [2.05, 4.69) is 0 Å². The van der Waals surface area contributed by atoms with Crippen molar-refractivity contribution >= 4 is 25.9 Å². The van der Waals surface area contributed by atoms with Crippen molar-refractivity contribution in [3.05, 3.63) is 40.3 Å². The van der Waals surface area contributed by atoms with Crippen LogP contribution in [0, 0.1) is 0 Å². The fraction of sp³-hybridized carbons (Fsp3) is 0.579. The largest absolute Gasteiger partial charge is 0.377 e. The summed E-state index contributed by atoms with van der Waals surface area (Å²) in [5, 5.41) is 0. The Hall–Kier alpha value is -1.22. The topological polar surface area (TPSA) is 80.8 Å². The molecule has 0 radical (unpaired) electrons. The third-order valence-electron chi connectivity index (χ3n) is 5.68. The van der Waals surface area contributed by atoms with Gasteiger partial charge >= 0.3 is 0 Å². The smallest absolute Gasteiger partial charge is 0.239 e. The molecule has 4 rings (SSSR count). The second kappa shape index (κ2) is 7.31. The normalized spacial score (nSPS) is 27.5. The lowest BCUT2D eigenvalue weighted by Gasteiger charge is -2.31. The maximum absolute atomic E-state index is 13.5. The minimum Gasteiger partial charge on any atom is -0.377 e. The summed E-state index contributed by atoms with van der Waals surface area (Å²) in [6.07, 6.45) is 4.81. The number of fused-ring (bicyclic) bond motifs is 1. The van der Waals surface area contributed by atoms with E-state index in [0.29, 0.717) is 30.8 Å². The lowest BCUT2D eigenvalue weighted by Crippen LogP contribution is -2.45. The van der Waals surface area contributed by atoms with Gasteiger partial charge in [-0.1, -0.05) is 24.3 Å². The zero-order valence-corrected chi connectivity index (χ0v) is 16.8. The predicted octanol–water partition coefficient (Wildman–Crippen LogP) is 1.97. The molecular formula is C19H25NO5S2. The van der Waals surface area contributed by atoms with Crippen LogP contribution in [0.5, 0.6) is 0 Å². The van der Waals surface area contributed by atoms with Crippen LogP contribution in [0.4, 0.5) is 0 Å². The molecule has 0 unspecified atom stereocenters. The molecule has 2 heterocycles. The van der Waals surface area contributed by atoms with E-state index in [-0.39, 0.29) is 24.2 Å². The summed E-state index contributed by atoms with van der Waals surface area (Å²) in [6.45, 7) is 0.874. The monoisotopic (exact) mass is 411 g/mol. The minimum atomic E-state index is -3.74. The Morgan fingerprint density at radius 1 is 1.15 bits per heavy atom. The van der Waals surface area contributed by atoms with Crippen LogP contribution in [0.15, 0.2) is 29.2 Å². The van der Waals surface area contributed by atoms with Crippen LogP contribution in [-0.4, -0.2) is 57.9 Å². The number of sulfone groups is 1. The molecule has 2 atom stereocenters.